The number of nitriles is 1. The van der Waals surface area contributed by atoms with Crippen LogP contribution in [0.5, 0.6) is 0 Å². The van der Waals surface area contributed by atoms with E-state index in [1.807, 2.05) is 0 Å². The van der Waals surface area contributed by atoms with E-state index < -0.39 is 5.82 Å². The van der Waals surface area contributed by atoms with Gasteiger partial charge in [0.2, 0.25) is 5.28 Å². The van der Waals surface area contributed by atoms with Crippen molar-refractivity contribution in [3.05, 3.63) is 39.3 Å². The number of halogens is 3. The van der Waals surface area contributed by atoms with E-state index in [0.717, 1.165) is 0 Å². The molecule has 0 amide bonds. The lowest BCUT2D eigenvalue weighted by molar-refractivity contribution is 0.624. The summed E-state index contributed by atoms with van der Waals surface area (Å²) in [6, 6.07) is 6.00. The molecule has 0 aliphatic carbocycles. The summed E-state index contributed by atoms with van der Waals surface area (Å²) >= 11 is 9.16. The molecule has 0 unspecified atom stereocenters. The lowest BCUT2D eigenvalue weighted by Crippen LogP contribution is -1.99. The fraction of sp³-hybridized carbons (Fsp3) is 0.0833. The first-order valence-corrected chi connectivity index (χ1v) is 6.34. The van der Waals surface area contributed by atoms with Gasteiger partial charge in [0.25, 0.3) is 0 Å². The van der Waals surface area contributed by atoms with Gasteiger partial charge >= 0.3 is 0 Å². The lowest BCUT2D eigenvalue weighted by Gasteiger charge is -2.09. The third kappa shape index (κ3) is 2.67. The van der Waals surface area contributed by atoms with E-state index in [1.54, 1.807) is 19.2 Å². The molecular weight excluding hydrogens is 335 g/mol. The van der Waals surface area contributed by atoms with Gasteiger partial charge in [-0.25, -0.2) is 9.37 Å². The van der Waals surface area contributed by atoms with Crippen LogP contribution in [0.15, 0.2) is 22.7 Å². The smallest absolute Gasteiger partial charge is 0.224 e. The molecule has 7 heteroatoms. The molecule has 0 saturated carbocycles. The van der Waals surface area contributed by atoms with Gasteiger partial charge in [-0.2, -0.15) is 10.2 Å². The number of hydrogen-bond acceptors (Lipinski definition) is 4. The SMILES string of the molecule is CNc1nc(Cl)nc(-c2ccc(C#N)c(F)c2)c1Br. The molecule has 1 N–H and O–H groups in total. The van der Waals surface area contributed by atoms with Crippen LogP contribution >= 0.6 is 27.5 Å². The van der Waals surface area contributed by atoms with Gasteiger partial charge < -0.3 is 5.32 Å². The summed E-state index contributed by atoms with van der Waals surface area (Å²) in [5.41, 5.74) is 0.936. The van der Waals surface area contributed by atoms with Gasteiger partial charge in [0.15, 0.2) is 0 Å². The maximum absolute atomic E-state index is 13.6. The van der Waals surface area contributed by atoms with Crippen molar-refractivity contribution in [1.82, 2.24) is 9.97 Å². The number of anilines is 1. The van der Waals surface area contributed by atoms with E-state index in [0.29, 0.717) is 21.5 Å². The summed E-state index contributed by atoms with van der Waals surface area (Å²) in [5, 5.41) is 11.6. The zero-order chi connectivity index (χ0) is 14.0. The quantitative estimate of drug-likeness (QED) is 0.848. The van der Waals surface area contributed by atoms with E-state index in [1.165, 1.54) is 12.1 Å². The maximum atomic E-state index is 13.6. The third-order valence-corrected chi connectivity index (χ3v) is 3.34. The Kier molecular flexibility index (Phi) is 3.98. The fourth-order valence-corrected chi connectivity index (χ4v) is 2.30. The summed E-state index contributed by atoms with van der Waals surface area (Å²) in [7, 11) is 1.69. The number of hydrogen-bond donors (Lipinski definition) is 1. The molecule has 1 aromatic carbocycles. The van der Waals surface area contributed by atoms with Gasteiger partial charge in [-0.05, 0) is 39.7 Å². The Morgan fingerprint density at radius 3 is 2.74 bits per heavy atom. The summed E-state index contributed by atoms with van der Waals surface area (Å²) < 4.78 is 14.2. The molecule has 0 aliphatic heterocycles. The number of rotatable bonds is 2. The van der Waals surface area contributed by atoms with E-state index in [2.05, 4.69) is 31.2 Å². The van der Waals surface area contributed by atoms with Gasteiger partial charge in [0.1, 0.15) is 17.7 Å². The molecule has 1 heterocycles. The molecule has 96 valence electrons. The highest BCUT2D eigenvalue weighted by Gasteiger charge is 2.14. The van der Waals surface area contributed by atoms with Crippen LogP contribution in [0.25, 0.3) is 11.3 Å². The Hall–Kier alpha value is -1.71. The van der Waals surface area contributed by atoms with E-state index in [9.17, 15) is 4.39 Å². The molecular formula is C12H7BrClFN4. The molecule has 0 fully saturated rings. The van der Waals surface area contributed by atoms with Crippen LogP contribution in [0, 0.1) is 17.1 Å². The highest BCUT2D eigenvalue weighted by atomic mass is 79.9. The molecule has 4 nitrogen and oxygen atoms in total. The zero-order valence-corrected chi connectivity index (χ0v) is 12.0. The van der Waals surface area contributed by atoms with Crippen LogP contribution in [-0.2, 0) is 0 Å². The van der Waals surface area contributed by atoms with Crippen LogP contribution in [0.3, 0.4) is 0 Å². The van der Waals surface area contributed by atoms with E-state index in [4.69, 9.17) is 16.9 Å². The van der Waals surface area contributed by atoms with Gasteiger partial charge in [0, 0.05) is 12.6 Å². The maximum Gasteiger partial charge on any atom is 0.224 e. The number of nitrogens with zero attached hydrogens (tertiary/aromatic N) is 3. The average molecular weight is 342 g/mol. The van der Waals surface area contributed by atoms with Gasteiger partial charge in [-0.15, -0.1) is 0 Å². The molecule has 0 aliphatic rings. The minimum atomic E-state index is -0.604. The van der Waals surface area contributed by atoms with Crippen molar-refractivity contribution in [2.45, 2.75) is 0 Å². The second-order valence-corrected chi connectivity index (χ2v) is 4.69. The average Bonchev–Trinajstić information content (AvgIpc) is 2.40. The zero-order valence-electron chi connectivity index (χ0n) is 9.71. The Morgan fingerprint density at radius 1 is 1.42 bits per heavy atom. The van der Waals surface area contributed by atoms with Crippen LogP contribution in [0.1, 0.15) is 5.56 Å². The van der Waals surface area contributed by atoms with E-state index >= 15 is 0 Å². The Balaban J connectivity index is 2.62. The Morgan fingerprint density at radius 2 is 2.16 bits per heavy atom. The predicted molar refractivity (Wildman–Crippen MR) is 74.4 cm³/mol. The minimum absolute atomic E-state index is 0.0196. The number of benzene rings is 1. The molecule has 19 heavy (non-hydrogen) atoms. The van der Waals surface area contributed by atoms with Gasteiger partial charge in [-0.3, -0.25) is 0 Å². The number of nitrogens with one attached hydrogen (secondary N) is 1. The van der Waals surface area contributed by atoms with Gasteiger partial charge in [-0.1, -0.05) is 6.07 Å². The van der Waals surface area contributed by atoms with Crippen LogP contribution in [0.4, 0.5) is 10.2 Å². The minimum Gasteiger partial charge on any atom is -0.372 e. The Bertz CT molecular complexity index is 684. The third-order valence-electron chi connectivity index (χ3n) is 2.42. The molecule has 2 aromatic rings. The fourth-order valence-electron chi connectivity index (χ4n) is 1.53. The first kappa shape index (κ1) is 13.7. The number of aromatic nitrogens is 2. The summed E-state index contributed by atoms with van der Waals surface area (Å²) in [6.45, 7) is 0. The molecule has 2 rings (SSSR count). The van der Waals surface area contributed by atoms with E-state index in [-0.39, 0.29) is 10.8 Å². The van der Waals surface area contributed by atoms with Crippen molar-refractivity contribution in [3.8, 4) is 17.3 Å². The monoisotopic (exact) mass is 340 g/mol. The Labute approximate surface area is 122 Å². The van der Waals surface area contributed by atoms with Crippen LogP contribution < -0.4 is 5.32 Å². The van der Waals surface area contributed by atoms with Crippen molar-refractivity contribution in [2.24, 2.45) is 0 Å². The molecule has 0 spiro atoms. The normalized spacial score (nSPS) is 10.1. The van der Waals surface area contributed by atoms with Gasteiger partial charge in [0.05, 0.1) is 15.7 Å². The highest BCUT2D eigenvalue weighted by molar-refractivity contribution is 9.10. The standard InChI is InChI=1S/C12H7BrClFN4/c1-17-11-9(13)10(18-12(14)19-11)6-2-3-7(5-16)8(15)4-6/h2-4H,1H3,(H,17,18,19). The molecule has 0 bridgehead atoms. The van der Waals surface area contributed by atoms with Crippen molar-refractivity contribution in [1.29, 1.82) is 5.26 Å². The summed E-state index contributed by atoms with van der Waals surface area (Å²) in [5.74, 6) is -0.104. The topological polar surface area (TPSA) is 61.6 Å². The molecule has 0 radical (unpaired) electrons. The van der Waals surface area contributed by atoms with Crippen LogP contribution in [0.2, 0.25) is 5.28 Å². The summed E-state index contributed by atoms with van der Waals surface area (Å²) in [4.78, 5) is 8.05. The largest absolute Gasteiger partial charge is 0.372 e. The first-order valence-electron chi connectivity index (χ1n) is 5.17. The van der Waals surface area contributed by atoms with Crippen molar-refractivity contribution >= 4 is 33.3 Å². The summed E-state index contributed by atoms with van der Waals surface area (Å²) in [6.07, 6.45) is 0. The highest BCUT2D eigenvalue weighted by Crippen LogP contribution is 2.33. The molecule has 1 aromatic heterocycles. The molecule has 0 saturated heterocycles. The van der Waals surface area contributed by atoms with Crippen molar-refractivity contribution in [2.75, 3.05) is 12.4 Å². The van der Waals surface area contributed by atoms with Crippen LogP contribution in [-0.4, -0.2) is 17.0 Å². The second-order valence-electron chi connectivity index (χ2n) is 3.56. The van der Waals surface area contributed by atoms with Crippen molar-refractivity contribution < 1.29 is 4.39 Å². The first-order chi connectivity index (χ1) is 9.06. The molecule has 0 atom stereocenters. The van der Waals surface area contributed by atoms with Crippen molar-refractivity contribution in [3.63, 3.8) is 0 Å². The second kappa shape index (κ2) is 5.51. The lowest BCUT2D eigenvalue weighted by atomic mass is 10.1. The predicted octanol–water partition coefficient (Wildman–Crippen LogP) is 3.61.